The number of methoxy groups -OCH3 is 1. The molecule has 0 radical (unpaired) electrons. The van der Waals surface area contributed by atoms with Crippen LogP contribution in [0.4, 0.5) is 5.69 Å². The van der Waals surface area contributed by atoms with Gasteiger partial charge in [-0.1, -0.05) is 18.2 Å². The fourth-order valence-electron chi connectivity index (χ4n) is 2.26. The van der Waals surface area contributed by atoms with Crippen LogP contribution in [-0.4, -0.2) is 19.8 Å². The zero-order valence-electron chi connectivity index (χ0n) is 12.9. The molecule has 6 heteroatoms. The summed E-state index contributed by atoms with van der Waals surface area (Å²) in [5, 5.41) is 12.0. The zero-order valence-corrected chi connectivity index (χ0v) is 12.9. The van der Waals surface area contributed by atoms with Crippen molar-refractivity contribution >= 4 is 17.7 Å². The van der Waals surface area contributed by atoms with Gasteiger partial charge >= 0.3 is 0 Å². The fraction of sp³-hybridized carbons (Fsp3) is 0.111. The van der Waals surface area contributed by atoms with Gasteiger partial charge in [0.1, 0.15) is 17.4 Å². The van der Waals surface area contributed by atoms with E-state index in [9.17, 15) is 10.1 Å². The van der Waals surface area contributed by atoms with Gasteiger partial charge in [-0.3, -0.25) is 4.79 Å². The number of hydrogen-bond acceptors (Lipinski definition) is 5. The summed E-state index contributed by atoms with van der Waals surface area (Å²) in [7, 11) is 1.51. The molecule has 2 aromatic carbocycles. The third-order valence-electron chi connectivity index (χ3n) is 3.43. The van der Waals surface area contributed by atoms with Crippen molar-refractivity contribution in [3.8, 4) is 23.3 Å². The molecule has 0 atom stereocenters. The summed E-state index contributed by atoms with van der Waals surface area (Å²) >= 11 is 0. The van der Waals surface area contributed by atoms with Crippen LogP contribution in [0.3, 0.4) is 0 Å². The van der Waals surface area contributed by atoms with Crippen LogP contribution in [0.5, 0.6) is 17.2 Å². The number of fused-ring (bicyclic) bond motifs is 1. The lowest BCUT2D eigenvalue weighted by Crippen LogP contribution is -2.14. The number of rotatable bonds is 4. The largest absolute Gasteiger partial charge is 0.495 e. The summed E-state index contributed by atoms with van der Waals surface area (Å²) in [4.78, 5) is 12.3. The molecule has 0 saturated heterocycles. The Bertz CT molecular complexity index is 852. The van der Waals surface area contributed by atoms with Crippen molar-refractivity contribution in [2.24, 2.45) is 0 Å². The van der Waals surface area contributed by atoms with Crippen LogP contribution >= 0.6 is 0 Å². The maximum Gasteiger partial charge on any atom is 0.266 e. The quantitative estimate of drug-likeness (QED) is 0.691. The van der Waals surface area contributed by atoms with Crippen LogP contribution in [-0.2, 0) is 4.79 Å². The minimum absolute atomic E-state index is 0.0280. The Labute approximate surface area is 138 Å². The van der Waals surface area contributed by atoms with Crippen molar-refractivity contribution in [1.82, 2.24) is 0 Å². The van der Waals surface area contributed by atoms with Gasteiger partial charge in [-0.05, 0) is 35.9 Å². The summed E-state index contributed by atoms with van der Waals surface area (Å²) in [6.45, 7) is 0.169. The van der Waals surface area contributed by atoms with Gasteiger partial charge in [0.15, 0.2) is 11.5 Å². The molecule has 0 aromatic heterocycles. The Balaban J connectivity index is 1.83. The average Bonchev–Trinajstić information content (AvgIpc) is 3.07. The van der Waals surface area contributed by atoms with Crippen molar-refractivity contribution in [3.05, 3.63) is 53.6 Å². The number of hydrogen-bond donors (Lipinski definition) is 1. The lowest BCUT2D eigenvalue weighted by molar-refractivity contribution is -0.112. The van der Waals surface area contributed by atoms with Gasteiger partial charge in [-0.15, -0.1) is 0 Å². The highest BCUT2D eigenvalue weighted by Crippen LogP contribution is 2.33. The number of nitriles is 1. The topological polar surface area (TPSA) is 80.6 Å². The fourth-order valence-corrected chi connectivity index (χ4v) is 2.26. The van der Waals surface area contributed by atoms with E-state index in [-0.39, 0.29) is 12.4 Å². The van der Waals surface area contributed by atoms with E-state index in [1.54, 1.807) is 42.5 Å². The number of carbonyl (C=O) groups is 1. The van der Waals surface area contributed by atoms with Crippen molar-refractivity contribution in [2.75, 3.05) is 19.2 Å². The first-order valence-corrected chi connectivity index (χ1v) is 7.17. The lowest BCUT2D eigenvalue weighted by Gasteiger charge is -2.09. The molecule has 6 nitrogen and oxygen atoms in total. The second kappa shape index (κ2) is 6.75. The molecular weight excluding hydrogens is 308 g/mol. The molecule has 0 bridgehead atoms. The summed E-state index contributed by atoms with van der Waals surface area (Å²) in [6, 6.07) is 14.1. The van der Waals surface area contributed by atoms with Crippen molar-refractivity contribution < 1.29 is 19.0 Å². The third kappa shape index (κ3) is 3.15. The van der Waals surface area contributed by atoms with E-state index in [1.807, 2.05) is 6.07 Å². The second-order valence-corrected chi connectivity index (χ2v) is 4.94. The van der Waals surface area contributed by atoms with Gasteiger partial charge in [-0.2, -0.15) is 5.26 Å². The van der Waals surface area contributed by atoms with Gasteiger partial charge in [0.25, 0.3) is 5.91 Å². The number of para-hydroxylation sites is 2. The van der Waals surface area contributed by atoms with E-state index in [0.717, 1.165) is 0 Å². The maximum absolute atomic E-state index is 12.3. The molecule has 1 N–H and O–H groups in total. The number of ether oxygens (including phenoxy) is 3. The van der Waals surface area contributed by atoms with E-state index in [0.29, 0.717) is 28.5 Å². The van der Waals surface area contributed by atoms with Crippen LogP contribution in [0.15, 0.2) is 48.0 Å². The molecule has 24 heavy (non-hydrogen) atoms. The summed E-state index contributed by atoms with van der Waals surface area (Å²) < 4.78 is 15.7. The van der Waals surface area contributed by atoms with E-state index in [2.05, 4.69) is 5.32 Å². The Morgan fingerprint density at radius 3 is 2.83 bits per heavy atom. The molecule has 0 unspecified atom stereocenters. The standard InChI is InChI=1S/C18H14N2O4/c1-22-15-5-3-2-4-14(15)20-18(21)13(10-19)8-12-6-7-16-17(9-12)24-11-23-16/h2-9H,11H2,1H3,(H,20,21)/b13-8+. The molecule has 0 fully saturated rings. The molecule has 0 aliphatic carbocycles. The van der Waals surface area contributed by atoms with Crippen LogP contribution < -0.4 is 19.5 Å². The van der Waals surface area contributed by atoms with E-state index in [4.69, 9.17) is 14.2 Å². The molecule has 1 amide bonds. The van der Waals surface area contributed by atoms with Gasteiger partial charge in [0.05, 0.1) is 12.8 Å². The summed E-state index contributed by atoms with van der Waals surface area (Å²) in [6.07, 6.45) is 1.49. The number of nitrogens with one attached hydrogen (secondary N) is 1. The van der Waals surface area contributed by atoms with Crippen molar-refractivity contribution in [1.29, 1.82) is 5.26 Å². The van der Waals surface area contributed by atoms with Crippen molar-refractivity contribution in [2.45, 2.75) is 0 Å². The first-order chi connectivity index (χ1) is 11.7. The number of carbonyl (C=O) groups excluding carboxylic acids is 1. The SMILES string of the molecule is COc1ccccc1NC(=O)/C(C#N)=C/c1ccc2c(c1)OCO2. The molecule has 120 valence electrons. The molecule has 1 aliphatic rings. The van der Waals surface area contributed by atoms with Gasteiger partial charge in [-0.25, -0.2) is 0 Å². The van der Waals surface area contributed by atoms with E-state index in [1.165, 1.54) is 13.2 Å². The van der Waals surface area contributed by atoms with Crippen LogP contribution in [0.1, 0.15) is 5.56 Å². The Morgan fingerprint density at radius 1 is 1.25 bits per heavy atom. The number of benzene rings is 2. The average molecular weight is 322 g/mol. The molecule has 2 aromatic rings. The predicted octanol–water partition coefficient (Wildman–Crippen LogP) is 2.97. The molecular formula is C18H14N2O4. The van der Waals surface area contributed by atoms with Gasteiger partial charge in [0.2, 0.25) is 6.79 Å². The zero-order chi connectivity index (χ0) is 16.9. The van der Waals surface area contributed by atoms with Crippen LogP contribution in [0.2, 0.25) is 0 Å². The third-order valence-corrected chi connectivity index (χ3v) is 3.43. The smallest absolute Gasteiger partial charge is 0.266 e. The first kappa shape index (κ1) is 15.4. The van der Waals surface area contributed by atoms with Crippen molar-refractivity contribution in [3.63, 3.8) is 0 Å². The molecule has 0 saturated carbocycles. The maximum atomic E-state index is 12.3. The van der Waals surface area contributed by atoms with E-state index >= 15 is 0 Å². The molecule has 3 rings (SSSR count). The number of nitrogens with zero attached hydrogens (tertiary/aromatic N) is 1. The molecule has 1 aliphatic heterocycles. The summed E-state index contributed by atoms with van der Waals surface area (Å²) in [5.41, 5.74) is 1.14. The van der Waals surface area contributed by atoms with E-state index < -0.39 is 5.91 Å². The van der Waals surface area contributed by atoms with Gasteiger partial charge in [0, 0.05) is 0 Å². The minimum Gasteiger partial charge on any atom is -0.495 e. The second-order valence-electron chi connectivity index (χ2n) is 4.94. The summed E-state index contributed by atoms with van der Waals surface area (Å²) in [5.74, 6) is 1.24. The van der Waals surface area contributed by atoms with Crippen LogP contribution in [0, 0.1) is 11.3 Å². The molecule has 1 heterocycles. The van der Waals surface area contributed by atoms with Gasteiger partial charge < -0.3 is 19.5 Å². The lowest BCUT2D eigenvalue weighted by atomic mass is 10.1. The minimum atomic E-state index is -0.514. The predicted molar refractivity (Wildman–Crippen MR) is 87.8 cm³/mol. The number of amides is 1. The number of anilines is 1. The highest BCUT2D eigenvalue weighted by Gasteiger charge is 2.15. The van der Waals surface area contributed by atoms with Crippen LogP contribution in [0.25, 0.3) is 6.08 Å². The normalized spacial score (nSPS) is 12.4. The molecule has 0 spiro atoms. The monoisotopic (exact) mass is 322 g/mol. The Kier molecular flexibility index (Phi) is 4.34. The first-order valence-electron chi connectivity index (χ1n) is 7.17. The highest BCUT2D eigenvalue weighted by atomic mass is 16.7. The Morgan fingerprint density at radius 2 is 2.04 bits per heavy atom. The Hall–Kier alpha value is -3.46. The highest BCUT2D eigenvalue weighted by molar-refractivity contribution is 6.10.